The van der Waals surface area contributed by atoms with E-state index >= 15 is 0 Å². The summed E-state index contributed by atoms with van der Waals surface area (Å²) >= 11 is 0. The lowest BCUT2D eigenvalue weighted by Gasteiger charge is -2.25. The molecule has 0 aliphatic carbocycles. The number of nitrogens with one attached hydrogen (secondary N) is 1. The molecule has 0 heterocycles. The van der Waals surface area contributed by atoms with Crippen molar-refractivity contribution in [3.8, 4) is 6.07 Å². The molecule has 0 unspecified atom stereocenters. The van der Waals surface area contributed by atoms with Gasteiger partial charge in [0.15, 0.2) is 0 Å². The summed E-state index contributed by atoms with van der Waals surface area (Å²) in [7, 11) is 1.60. The minimum atomic E-state index is -0.0785. The SMILES string of the molecule is CCCN(CC(=O)NC)c1cccc(C#N)c1N. The van der Waals surface area contributed by atoms with Crippen molar-refractivity contribution in [2.24, 2.45) is 0 Å². The lowest BCUT2D eigenvalue weighted by Crippen LogP contribution is -2.36. The first kappa shape index (κ1) is 13.8. The van der Waals surface area contributed by atoms with Crippen molar-refractivity contribution in [2.45, 2.75) is 13.3 Å². The fourth-order valence-corrected chi connectivity index (χ4v) is 1.73. The zero-order chi connectivity index (χ0) is 13.5. The summed E-state index contributed by atoms with van der Waals surface area (Å²) < 4.78 is 0. The number of amides is 1. The summed E-state index contributed by atoms with van der Waals surface area (Å²) in [6, 6.07) is 7.32. The van der Waals surface area contributed by atoms with Crippen LogP contribution in [0, 0.1) is 11.3 Å². The zero-order valence-corrected chi connectivity index (χ0v) is 10.7. The van der Waals surface area contributed by atoms with Crippen LogP contribution in [0.15, 0.2) is 18.2 Å². The Morgan fingerprint density at radius 2 is 2.28 bits per heavy atom. The Kier molecular flexibility index (Phi) is 5.00. The molecule has 0 aromatic heterocycles. The topological polar surface area (TPSA) is 82.2 Å². The molecule has 0 saturated heterocycles. The summed E-state index contributed by atoms with van der Waals surface area (Å²) in [5, 5.41) is 11.5. The van der Waals surface area contributed by atoms with Crippen LogP contribution < -0.4 is 16.0 Å². The average Bonchev–Trinajstić information content (AvgIpc) is 2.38. The van der Waals surface area contributed by atoms with Gasteiger partial charge in [0, 0.05) is 13.6 Å². The summed E-state index contributed by atoms with van der Waals surface area (Å²) in [4.78, 5) is 13.4. The second kappa shape index (κ2) is 6.50. The van der Waals surface area contributed by atoms with Gasteiger partial charge in [-0.05, 0) is 18.6 Å². The van der Waals surface area contributed by atoms with E-state index in [1.165, 1.54) is 0 Å². The van der Waals surface area contributed by atoms with Gasteiger partial charge in [-0.15, -0.1) is 0 Å². The number of para-hydroxylation sites is 1. The number of hydrogen-bond donors (Lipinski definition) is 2. The fourth-order valence-electron chi connectivity index (χ4n) is 1.73. The lowest BCUT2D eigenvalue weighted by molar-refractivity contribution is -0.119. The van der Waals surface area contributed by atoms with E-state index in [1.807, 2.05) is 24.0 Å². The number of likely N-dealkylation sites (N-methyl/N-ethyl adjacent to an activating group) is 1. The van der Waals surface area contributed by atoms with Crippen LogP contribution in [-0.4, -0.2) is 26.0 Å². The molecule has 0 spiro atoms. The van der Waals surface area contributed by atoms with E-state index in [9.17, 15) is 4.79 Å². The van der Waals surface area contributed by atoms with Crippen molar-refractivity contribution in [3.63, 3.8) is 0 Å². The molecule has 1 amide bonds. The number of rotatable bonds is 5. The van der Waals surface area contributed by atoms with Gasteiger partial charge in [0.25, 0.3) is 0 Å². The maximum atomic E-state index is 11.5. The van der Waals surface area contributed by atoms with E-state index in [-0.39, 0.29) is 12.5 Å². The van der Waals surface area contributed by atoms with E-state index in [0.717, 1.165) is 12.1 Å². The van der Waals surface area contributed by atoms with Crippen molar-refractivity contribution < 1.29 is 4.79 Å². The molecule has 0 atom stereocenters. The number of carbonyl (C=O) groups is 1. The minimum Gasteiger partial charge on any atom is -0.396 e. The highest BCUT2D eigenvalue weighted by atomic mass is 16.1. The Morgan fingerprint density at radius 1 is 1.56 bits per heavy atom. The Labute approximate surface area is 107 Å². The average molecular weight is 246 g/mol. The van der Waals surface area contributed by atoms with Crippen molar-refractivity contribution in [1.29, 1.82) is 5.26 Å². The van der Waals surface area contributed by atoms with Crippen LogP contribution in [0.5, 0.6) is 0 Å². The molecule has 1 aromatic carbocycles. The second-order valence-electron chi connectivity index (χ2n) is 3.94. The molecule has 5 nitrogen and oxygen atoms in total. The van der Waals surface area contributed by atoms with Crippen LogP contribution in [0.4, 0.5) is 11.4 Å². The maximum Gasteiger partial charge on any atom is 0.239 e. The Balaban J connectivity index is 3.06. The molecule has 0 aliphatic heterocycles. The Hall–Kier alpha value is -2.22. The molecule has 3 N–H and O–H groups in total. The number of nitrogens with two attached hydrogens (primary N) is 1. The molecule has 0 aliphatic rings. The number of nitrogens with zero attached hydrogens (tertiary/aromatic N) is 2. The highest BCUT2D eigenvalue weighted by Crippen LogP contribution is 2.26. The Morgan fingerprint density at radius 3 is 2.83 bits per heavy atom. The largest absolute Gasteiger partial charge is 0.396 e. The maximum absolute atomic E-state index is 11.5. The monoisotopic (exact) mass is 246 g/mol. The van der Waals surface area contributed by atoms with Crippen LogP contribution in [-0.2, 0) is 4.79 Å². The molecule has 0 saturated carbocycles. The third-order valence-corrected chi connectivity index (χ3v) is 2.65. The van der Waals surface area contributed by atoms with E-state index in [2.05, 4.69) is 5.32 Å². The van der Waals surface area contributed by atoms with Crippen LogP contribution in [0.1, 0.15) is 18.9 Å². The minimum absolute atomic E-state index is 0.0785. The lowest BCUT2D eigenvalue weighted by atomic mass is 10.1. The van der Waals surface area contributed by atoms with Gasteiger partial charge in [-0.25, -0.2) is 0 Å². The van der Waals surface area contributed by atoms with Crippen molar-refractivity contribution in [2.75, 3.05) is 30.8 Å². The molecule has 0 radical (unpaired) electrons. The number of nitriles is 1. The number of anilines is 2. The van der Waals surface area contributed by atoms with Gasteiger partial charge in [0.05, 0.1) is 23.5 Å². The number of benzene rings is 1. The van der Waals surface area contributed by atoms with Gasteiger partial charge < -0.3 is 16.0 Å². The predicted octanol–water partition coefficient (Wildman–Crippen LogP) is 1.10. The van der Waals surface area contributed by atoms with E-state index in [1.54, 1.807) is 19.2 Å². The number of hydrogen-bond acceptors (Lipinski definition) is 4. The number of nitrogen functional groups attached to an aromatic ring is 1. The van der Waals surface area contributed by atoms with Crippen LogP contribution in [0.2, 0.25) is 0 Å². The van der Waals surface area contributed by atoms with Crippen molar-refractivity contribution in [1.82, 2.24) is 5.32 Å². The standard InChI is InChI=1S/C13H18N4O/c1-3-7-17(9-12(18)16-2)11-6-4-5-10(8-14)13(11)15/h4-6H,3,7,9,15H2,1-2H3,(H,16,18). The summed E-state index contributed by atoms with van der Waals surface area (Å²) in [5.41, 5.74) is 7.55. The molecule has 1 rings (SSSR count). The van der Waals surface area contributed by atoms with E-state index in [4.69, 9.17) is 11.0 Å². The second-order valence-corrected chi connectivity index (χ2v) is 3.94. The smallest absolute Gasteiger partial charge is 0.239 e. The van der Waals surface area contributed by atoms with Gasteiger partial charge in [-0.2, -0.15) is 5.26 Å². The van der Waals surface area contributed by atoms with Crippen LogP contribution >= 0.6 is 0 Å². The first-order valence-corrected chi connectivity index (χ1v) is 5.88. The third-order valence-electron chi connectivity index (χ3n) is 2.65. The molecule has 0 bridgehead atoms. The molecular formula is C13H18N4O. The fraction of sp³-hybridized carbons (Fsp3) is 0.385. The van der Waals surface area contributed by atoms with Crippen molar-refractivity contribution >= 4 is 17.3 Å². The Bertz CT molecular complexity index is 465. The normalized spacial score (nSPS) is 9.61. The number of carbonyl (C=O) groups excluding carboxylic acids is 1. The van der Waals surface area contributed by atoms with Crippen molar-refractivity contribution in [3.05, 3.63) is 23.8 Å². The first-order chi connectivity index (χ1) is 8.63. The van der Waals surface area contributed by atoms with Gasteiger partial charge in [0.2, 0.25) is 5.91 Å². The van der Waals surface area contributed by atoms with E-state index < -0.39 is 0 Å². The highest BCUT2D eigenvalue weighted by Gasteiger charge is 2.14. The summed E-state index contributed by atoms with van der Waals surface area (Å²) in [5.74, 6) is -0.0785. The van der Waals surface area contributed by atoms with Gasteiger partial charge in [-0.1, -0.05) is 13.0 Å². The van der Waals surface area contributed by atoms with Gasteiger partial charge in [-0.3, -0.25) is 4.79 Å². The van der Waals surface area contributed by atoms with E-state index in [0.29, 0.717) is 17.8 Å². The van der Waals surface area contributed by atoms with Gasteiger partial charge >= 0.3 is 0 Å². The zero-order valence-electron chi connectivity index (χ0n) is 10.7. The molecule has 0 fully saturated rings. The molecule has 18 heavy (non-hydrogen) atoms. The molecule has 1 aromatic rings. The van der Waals surface area contributed by atoms with Gasteiger partial charge in [0.1, 0.15) is 6.07 Å². The molecule has 96 valence electrons. The first-order valence-electron chi connectivity index (χ1n) is 5.88. The summed E-state index contributed by atoms with van der Waals surface area (Å²) in [6.07, 6.45) is 0.896. The third kappa shape index (κ3) is 3.14. The molecule has 5 heteroatoms. The highest BCUT2D eigenvalue weighted by molar-refractivity contribution is 5.83. The molecular weight excluding hydrogens is 228 g/mol. The summed E-state index contributed by atoms with van der Waals surface area (Å²) in [6.45, 7) is 2.98. The van der Waals surface area contributed by atoms with Crippen LogP contribution in [0.3, 0.4) is 0 Å². The predicted molar refractivity (Wildman–Crippen MR) is 72.1 cm³/mol. The quantitative estimate of drug-likeness (QED) is 0.762. The van der Waals surface area contributed by atoms with Crippen LogP contribution in [0.25, 0.3) is 0 Å².